The maximum atomic E-state index is 13.4. The van der Waals surface area contributed by atoms with Crippen molar-refractivity contribution in [2.75, 3.05) is 7.11 Å². The largest absolute Gasteiger partial charge is 0.469 e. The molecule has 0 spiro atoms. The minimum atomic E-state index is -4.98. The number of alkyl halides is 6. The first-order chi connectivity index (χ1) is 15.3. The van der Waals surface area contributed by atoms with Gasteiger partial charge >= 0.3 is 18.3 Å². The Balaban J connectivity index is 1.94. The highest BCUT2D eigenvalue weighted by Crippen LogP contribution is 2.45. The number of rotatable bonds is 5. The Bertz CT molecular complexity index is 951. The van der Waals surface area contributed by atoms with Crippen LogP contribution >= 0.6 is 0 Å². The van der Waals surface area contributed by atoms with Crippen molar-refractivity contribution < 1.29 is 45.0 Å². The second-order valence-electron chi connectivity index (χ2n) is 7.94. The van der Waals surface area contributed by atoms with Crippen molar-refractivity contribution in [1.29, 1.82) is 0 Å². The van der Waals surface area contributed by atoms with Crippen LogP contribution in [0.5, 0.6) is 0 Å². The maximum absolute atomic E-state index is 13.4. The van der Waals surface area contributed by atoms with Crippen molar-refractivity contribution in [3.63, 3.8) is 0 Å². The molecule has 3 rings (SSSR count). The third kappa shape index (κ3) is 5.66. The zero-order valence-corrected chi connectivity index (χ0v) is 17.6. The first-order valence-electron chi connectivity index (χ1n) is 10.1. The van der Waals surface area contributed by atoms with Crippen LogP contribution in [0.2, 0.25) is 0 Å². The van der Waals surface area contributed by atoms with E-state index in [0.717, 1.165) is 0 Å². The van der Waals surface area contributed by atoms with Gasteiger partial charge in [0.1, 0.15) is 5.82 Å². The number of methoxy groups -OCH3 is 1. The van der Waals surface area contributed by atoms with Crippen molar-refractivity contribution >= 4 is 5.97 Å². The van der Waals surface area contributed by atoms with Gasteiger partial charge in [0.05, 0.1) is 36.4 Å². The van der Waals surface area contributed by atoms with Crippen molar-refractivity contribution in [1.82, 2.24) is 0 Å². The molecule has 33 heavy (non-hydrogen) atoms. The molecule has 4 unspecified atom stereocenters. The van der Waals surface area contributed by atoms with Crippen LogP contribution < -0.4 is 0 Å². The summed E-state index contributed by atoms with van der Waals surface area (Å²) in [6.07, 6.45) is -11.2. The van der Waals surface area contributed by atoms with E-state index < -0.39 is 59.3 Å². The summed E-state index contributed by atoms with van der Waals surface area (Å²) in [7, 11) is 1.21. The number of ether oxygens (including phenoxy) is 2. The Morgan fingerprint density at radius 1 is 0.939 bits per heavy atom. The molecule has 0 amide bonds. The second-order valence-corrected chi connectivity index (χ2v) is 7.94. The van der Waals surface area contributed by atoms with E-state index in [1.54, 1.807) is 0 Å². The molecule has 1 aliphatic carbocycles. The van der Waals surface area contributed by atoms with Gasteiger partial charge in [-0.15, -0.1) is 0 Å². The SMILES string of the molecule is COC(=O)C1CCC(OC(C)c2cc(C(F)(F)F)cc(C(F)(F)F)c2)C1c1ccc(F)cc1. The number of hydrogen-bond donors (Lipinski definition) is 0. The van der Waals surface area contributed by atoms with Gasteiger partial charge in [-0.2, -0.15) is 26.3 Å². The molecule has 2 aromatic carbocycles. The lowest BCUT2D eigenvalue weighted by Crippen LogP contribution is -2.27. The monoisotopic (exact) mass is 478 g/mol. The first kappa shape index (κ1) is 25.0. The molecule has 0 saturated heterocycles. The van der Waals surface area contributed by atoms with E-state index in [2.05, 4.69) is 0 Å². The van der Waals surface area contributed by atoms with Gasteiger partial charge in [0.2, 0.25) is 0 Å². The highest BCUT2D eigenvalue weighted by molar-refractivity contribution is 5.74. The molecule has 0 radical (unpaired) electrons. The van der Waals surface area contributed by atoms with Crippen LogP contribution in [0, 0.1) is 11.7 Å². The van der Waals surface area contributed by atoms with Crippen LogP contribution in [-0.4, -0.2) is 19.2 Å². The molecule has 1 fully saturated rings. The van der Waals surface area contributed by atoms with E-state index in [1.165, 1.54) is 38.3 Å². The summed E-state index contributed by atoms with van der Waals surface area (Å²) >= 11 is 0. The Kier molecular flexibility index (Phi) is 7.07. The Hall–Kier alpha value is -2.62. The van der Waals surface area contributed by atoms with Crippen LogP contribution in [-0.2, 0) is 26.6 Å². The molecule has 0 aromatic heterocycles. The minimum Gasteiger partial charge on any atom is -0.469 e. The van der Waals surface area contributed by atoms with Gasteiger partial charge < -0.3 is 9.47 Å². The van der Waals surface area contributed by atoms with Crippen molar-refractivity contribution in [2.24, 2.45) is 5.92 Å². The average Bonchev–Trinajstić information content (AvgIpc) is 3.15. The molecule has 1 saturated carbocycles. The third-order valence-corrected chi connectivity index (χ3v) is 5.81. The topological polar surface area (TPSA) is 35.5 Å². The molecule has 180 valence electrons. The van der Waals surface area contributed by atoms with Crippen LogP contribution in [0.3, 0.4) is 0 Å². The quantitative estimate of drug-likeness (QED) is 0.356. The molecule has 2 aromatic rings. The lowest BCUT2D eigenvalue weighted by molar-refractivity contribution is -0.147. The molecule has 10 heteroatoms. The van der Waals surface area contributed by atoms with Crippen LogP contribution in [0.25, 0.3) is 0 Å². The van der Waals surface area contributed by atoms with Crippen LogP contribution in [0.4, 0.5) is 30.7 Å². The minimum absolute atomic E-state index is 0.0559. The first-order valence-corrected chi connectivity index (χ1v) is 10.1. The highest BCUT2D eigenvalue weighted by Gasteiger charge is 2.44. The van der Waals surface area contributed by atoms with Gasteiger partial charge in [0, 0.05) is 5.92 Å². The highest BCUT2D eigenvalue weighted by atomic mass is 19.4. The van der Waals surface area contributed by atoms with E-state index >= 15 is 0 Å². The normalized spacial score (nSPS) is 22.3. The van der Waals surface area contributed by atoms with Gasteiger partial charge in [0.15, 0.2) is 0 Å². The van der Waals surface area contributed by atoms with Gasteiger partial charge in [-0.3, -0.25) is 4.79 Å². The second kappa shape index (κ2) is 9.32. The van der Waals surface area contributed by atoms with Crippen molar-refractivity contribution in [3.05, 3.63) is 70.5 Å². The fourth-order valence-corrected chi connectivity index (χ4v) is 4.22. The zero-order chi connectivity index (χ0) is 24.6. The Morgan fingerprint density at radius 2 is 1.48 bits per heavy atom. The number of benzene rings is 2. The predicted molar refractivity (Wildman–Crippen MR) is 104 cm³/mol. The molecule has 0 aliphatic heterocycles. The summed E-state index contributed by atoms with van der Waals surface area (Å²) in [4.78, 5) is 12.3. The van der Waals surface area contributed by atoms with Gasteiger partial charge in [-0.05, 0) is 61.2 Å². The molecule has 3 nitrogen and oxygen atoms in total. The summed E-state index contributed by atoms with van der Waals surface area (Å²) in [5.74, 6) is -2.28. The van der Waals surface area contributed by atoms with Crippen molar-refractivity contribution in [2.45, 2.75) is 50.2 Å². The molecule has 4 atom stereocenters. The van der Waals surface area contributed by atoms with Gasteiger partial charge in [-0.1, -0.05) is 12.1 Å². The van der Waals surface area contributed by atoms with E-state index in [9.17, 15) is 35.5 Å². The fourth-order valence-electron chi connectivity index (χ4n) is 4.22. The average molecular weight is 478 g/mol. The number of hydrogen-bond acceptors (Lipinski definition) is 3. The summed E-state index contributed by atoms with van der Waals surface area (Å²) < 4.78 is 103. The van der Waals surface area contributed by atoms with Crippen LogP contribution in [0.1, 0.15) is 54.0 Å². The predicted octanol–water partition coefficient (Wildman–Crippen LogP) is 6.68. The molecule has 0 N–H and O–H groups in total. The summed E-state index contributed by atoms with van der Waals surface area (Å²) in [6.45, 7) is 1.35. The van der Waals surface area contributed by atoms with Gasteiger partial charge in [0.25, 0.3) is 0 Å². The molecular formula is C23H21F7O3. The lowest BCUT2D eigenvalue weighted by atomic mass is 9.87. The van der Waals surface area contributed by atoms with E-state index in [0.29, 0.717) is 30.5 Å². The number of esters is 1. The summed E-state index contributed by atoms with van der Waals surface area (Å²) in [5, 5.41) is 0. The number of halogens is 7. The molecular weight excluding hydrogens is 457 g/mol. The van der Waals surface area contributed by atoms with Crippen molar-refractivity contribution in [3.8, 4) is 0 Å². The molecule has 0 bridgehead atoms. The zero-order valence-electron chi connectivity index (χ0n) is 17.6. The van der Waals surface area contributed by atoms with E-state index in [-0.39, 0.29) is 11.6 Å². The lowest BCUT2D eigenvalue weighted by Gasteiger charge is -2.28. The number of carbonyl (C=O) groups is 1. The fraction of sp³-hybridized carbons (Fsp3) is 0.435. The maximum Gasteiger partial charge on any atom is 0.416 e. The van der Waals surface area contributed by atoms with Gasteiger partial charge in [-0.25, -0.2) is 4.39 Å². The standard InChI is InChI=1S/C23H21F7O3/c1-12(14-9-15(22(25,26)27)11-16(10-14)23(28,29)30)33-19-8-7-18(21(31)32-2)20(19)13-3-5-17(24)6-4-13/h3-6,9-12,18-20H,7-8H2,1-2H3. The Labute approximate surface area is 185 Å². The third-order valence-electron chi connectivity index (χ3n) is 5.81. The smallest absolute Gasteiger partial charge is 0.416 e. The number of carbonyl (C=O) groups excluding carboxylic acids is 1. The summed E-state index contributed by atoms with van der Waals surface area (Å²) in [6, 6.07) is 6.64. The molecule has 0 heterocycles. The summed E-state index contributed by atoms with van der Waals surface area (Å²) in [5.41, 5.74) is -2.61. The molecule has 1 aliphatic rings. The van der Waals surface area contributed by atoms with E-state index in [1.807, 2.05) is 0 Å². The van der Waals surface area contributed by atoms with E-state index in [4.69, 9.17) is 9.47 Å². The van der Waals surface area contributed by atoms with Crippen LogP contribution in [0.15, 0.2) is 42.5 Å². The Morgan fingerprint density at radius 3 is 1.97 bits per heavy atom.